The van der Waals surface area contributed by atoms with Crippen molar-refractivity contribution < 1.29 is 18.3 Å². The van der Waals surface area contributed by atoms with Gasteiger partial charge in [0.2, 0.25) is 0 Å². The van der Waals surface area contributed by atoms with E-state index in [1.165, 1.54) is 12.1 Å². The van der Waals surface area contributed by atoms with Gasteiger partial charge in [0.1, 0.15) is 22.8 Å². The molecular weight excluding hydrogens is 495 g/mol. The molecule has 1 saturated carbocycles. The number of hydrogen-bond acceptors (Lipinski definition) is 7. The van der Waals surface area contributed by atoms with Gasteiger partial charge in [-0.2, -0.15) is 4.98 Å². The Morgan fingerprint density at radius 1 is 1.00 bits per heavy atom. The fraction of sp³-hybridized carbons (Fsp3) is 0.387. The van der Waals surface area contributed by atoms with E-state index in [0.29, 0.717) is 42.9 Å². The third-order valence-electron chi connectivity index (χ3n) is 7.97. The summed E-state index contributed by atoms with van der Waals surface area (Å²) >= 11 is 0. The molecule has 2 heterocycles. The van der Waals surface area contributed by atoms with E-state index >= 15 is 0 Å². The first kappa shape index (κ1) is 25.5. The summed E-state index contributed by atoms with van der Waals surface area (Å²) in [4.78, 5) is 7.19. The first-order chi connectivity index (χ1) is 19.0. The van der Waals surface area contributed by atoms with E-state index in [2.05, 4.69) is 27.3 Å². The van der Waals surface area contributed by atoms with Crippen LogP contribution in [-0.4, -0.2) is 41.7 Å². The minimum Gasteiger partial charge on any atom is -0.493 e. The normalized spacial score (nSPS) is 20.8. The maximum Gasteiger partial charge on any atom is 0.295 e. The van der Waals surface area contributed by atoms with E-state index in [1.807, 2.05) is 32.0 Å². The van der Waals surface area contributed by atoms with Crippen LogP contribution in [0.2, 0.25) is 0 Å². The Bertz CT molecular complexity index is 1430. The summed E-state index contributed by atoms with van der Waals surface area (Å²) < 4.78 is 31.7. The Morgan fingerprint density at radius 2 is 1.74 bits per heavy atom. The molecule has 204 valence electrons. The lowest BCUT2D eigenvalue weighted by atomic mass is 9.99. The molecule has 1 saturated heterocycles. The smallest absolute Gasteiger partial charge is 0.295 e. The molecule has 4 aromatic rings. The van der Waals surface area contributed by atoms with Crippen LogP contribution in [0.1, 0.15) is 38.7 Å². The second kappa shape index (κ2) is 10.8. The molecule has 1 aromatic heterocycles. The number of anilines is 2. The Balaban J connectivity index is 1.20. The van der Waals surface area contributed by atoms with Crippen LogP contribution in [0.25, 0.3) is 22.2 Å². The van der Waals surface area contributed by atoms with Crippen LogP contribution < -0.4 is 20.5 Å². The largest absolute Gasteiger partial charge is 0.493 e. The van der Waals surface area contributed by atoms with Crippen LogP contribution in [0, 0.1) is 11.7 Å². The first-order valence-corrected chi connectivity index (χ1v) is 13.9. The Hall–Kier alpha value is -3.78. The number of nitrogens with zero attached hydrogens (tertiary/aromatic N) is 2. The summed E-state index contributed by atoms with van der Waals surface area (Å²) in [5, 5.41) is 3.57. The fourth-order valence-electron chi connectivity index (χ4n) is 6.32. The number of nitrogen functional groups attached to an aromatic ring is 1. The number of hydrogen-bond donors (Lipinski definition) is 2. The minimum atomic E-state index is -0.264. The zero-order chi connectivity index (χ0) is 26.9. The number of likely N-dealkylation sites (tertiary alicyclic amines) is 1. The molecule has 8 heteroatoms. The molecule has 2 fully saturated rings. The van der Waals surface area contributed by atoms with E-state index < -0.39 is 0 Å². The van der Waals surface area contributed by atoms with Crippen molar-refractivity contribution in [1.29, 1.82) is 0 Å². The van der Waals surface area contributed by atoms with Crippen LogP contribution in [0.15, 0.2) is 59.0 Å². The summed E-state index contributed by atoms with van der Waals surface area (Å²) in [5.74, 6) is 1.80. The number of nitrogens with two attached hydrogens (primary N) is 1. The maximum absolute atomic E-state index is 13.6. The van der Waals surface area contributed by atoms with E-state index in [-0.39, 0.29) is 5.82 Å². The van der Waals surface area contributed by atoms with Gasteiger partial charge in [0.05, 0.1) is 18.8 Å². The molecular formula is C31H35FN4O3. The quantitative estimate of drug-likeness (QED) is 0.240. The molecule has 1 aliphatic carbocycles. The van der Waals surface area contributed by atoms with Gasteiger partial charge in [0.15, 0.2) is 5.58 Å². The average molecular weight is 531 g/mol. The van der Waals surface area contributed by atoms with Crippen molar-refractivity contribution in [3.8, 4) is 22.6 Å². The third-order valence-corrected chi connectivity index (χ3v) is 7.97. The number of fused-ring (bicyclic) bond motifs is 2. The van der Waals surface area contributed by atoms with Gasteiger partial charge < -0.3 is 24.9 Å². The van der Waals surface area contributed by atoms with Gasteiger partial charge in [0.25, 0.3) is 6.01 Å². The zero-order valence-corrected chi connectivity index (χ0v) is 22.5. The van der Waals surface area contributed by atoms with Crippen molar-refractivity contribution in [3.63, 3.8) is 0 Å². The van der Waals surface area contributed by atoms with Crippen LogP contribution in [0.3, 0.4) is 0 Å². The highest BCUT2D eigenvalue weighted by Gasteiger charge is 2.44. The fourth-order valence-corrected chi connectivity index (χ4v) is 6.32. The third kappa shape index (κ3) is 5.13. The highest BCUT2D eigenvalue weighted by molar-refractivity contribution is 5.78. The van der Waals surface area contributed by atoms with Gasteiger partial charge in [0, 0.05) is 24.3 Å². The number of aromatic nitrogens is 1. The molecule has 3 atom stereocenters. The SMILES string of the molecule is CCOc1cc(CN2CC[C@H]3C(Nc4nc5cc(N)ccc5o4)CC[C@H]32)cc(OCC)c1-c1ccc(F)cc1. The molecule has 0 bridgehead atoms. The molecule has 1 aliphatic heterocycles. The summed E-state index contributed by atoms with van der Waals surface area (Å²) in [7, 11) is 0. The molecule has 3 N–H and O–H groups in total. The van der Waals surface area contributed by atoms with Crippen LogP contribution >= 0.6 is 0 Å². The van der Waals surface area contributed by atoms with Crippen molar-refractivity contribution in [2.24, 2.45) is 5.92 Å². The summed E-state index contributed by atoms with van der Waals surface area (Å²) in [6.45, 7) is 6.87. The number of ether oxygens (including phenoxy) is 2. The molecule has 7 nitrogen and oxygen atoms in total. The number of rotatable bonds is 9. The van der Waals surface area contributed by atoms with Gasteiger partial charge in [-0.05, 0) is 99.2 Å². The molecule has 3 aromatic carbocycles. The molecule has 0 radical (unpaired) electrons. The molecule has 2 aliphatic rings. The van der Waals surface area contributed by atoms with Crippen LogP contribution in [-0.2, 0) is 6.54 Å². The lowest BCUT2D eigenvalue weighted by Crippen LogP contribution is -2.32. The van der Waals surface area contributed by atoms with Crippen molar-refractivity contribution in [2.45, 2.75) is 51.7 Å². The van der Waals surface area contributed by atoms with Gasteiger partial charge in [-0.25, -0.2) is 4.39 Å². The Labute approximate surface area is 228 Å². The number of oxazole rings is 1. The molecule has 6 rings (SSSR count). The standard InChI is InChI=1S/C31H35FN4O3/c1-3-37-28-15-19(16-29(38-4-2)30(28)20-5-7-21(32)8-6-20)18-36-14-13-23-24(10-11-26(23)36)34-31-35-25-17-22(33)9-12-27(25)39-31/h5-9,12,15-17,23-24,26H,3-4,10-11,13-14,18,33H2,1-2H3,(H,34,35)/t23-,24?,26+/m0/s1. The predicted molar refractivity (Wildman–Crippen MR) is 152 cm³/mol. The highest BCUT2D eigenvalue weighted by Crippen LogP contribution is 2.43. The van der Waals surface area contributed by atoms with Crippen LogP contribution in [0.4, 0.5) is 16.1 Å². The number of benzene rings is 3. The van der Waals surface area contributed by atoms with Gasteiger partial charge in [-0.1, -0.05) is 12.1 Å². The molecule has 0 spiro atoms. The van der Waals surface area contributed by atoms with E-state index in [0.717, 1.165) is 71.6 Å². The van der Waals surface area contributed by atoms with Crippen molar-refractivity contribution in [1.82, 2.24) is 9.88 Å². The molecule has 1 unspecified atom stereocenters. The maximum atomic E-state index is 13.6. The van der Waals surface area contributed by atoms with Crippen molar-refractivity contribution in [2.75, 3.05) is 30.8 Å². The Kier molecular flexibility index (Phi) is 7.04. The lowest BCUT2D eigenvalue weighted by Gasteiger charge is -2.25. The first-order valence-electron chi connectivity index (χ1n) is 13.9. The monoisotopic (exact) mass is 530 g/mol. The van der Waals surface area contributed by atoms with Gasteiger partial charge >= 0.3 is 0 Å². The minimum absolute atomic E-state index is 0.264. The van der Waals surface area contributed by atoms with E-state index in [4.69, 9.17) is 19.6 Å². The van der Waals surface area contributed by atoms with Crippen molar-refractivity contribution in [3.05, 3.63) is 66.0 Å². The molecule has 39 heavy (non-hydrogen) atoms. The number of nitrogens with one attached hydrogen (secondary N) is 1. The van der Waals surface area contributed by atoms with E-state index in [9.17, 15) is 4.39 Å². The van der Waals surface area contributed by atoms with Crippen LogP contribution in [0.5, 0.6) is 11.5 Å². The highest BCUT2D eigenvalue weighted by atomic mass is 19.1. The topological polar surface area (TPSA) is 85.8 Å². The van der Waals surface area contributed by atoms with Crippen molar-refractivity contribution >= 4 is 22.8 Å². The van der Waals surface area contributed by atoms with Gasteiger partial charge in [-0.15, -0.1) is 0 Å². The number of halogens is 1. The Morgan fingerprint density at radius 3 is 2.46 bits per heavy atom. The second-order valence-electron chi connectivity index (χ2n) is 10.4. The summed E-state index contributed by atoms with van der Waals surface area (Å²) in [6.07, 6.45) is 3.32. The zero-order valence-electron chi connectivity index (χ0n) is 22.5. The lowest BCUT2D eigenvalue weighted by molar-refractivity contribution is 0.231. The van der Waals surface area contributed by atoms with Gasteiger partial charge in [-0.3, -0.25) is 4.90 Å². The second-order valence-corrected chi connectivity index (χ2v) is 10.4. The summed E-state index contributed by atoms with van der Waals surface area (Å²) in [5.41, 5.74) is 11.0. The van der Waals surface area contributed by atoms with E-state index in [1.54, 1.807) is 12.1 Å². The predicted octanol–water partition coefficient (Wildman–Crippen LogP) is 6.48. The average Bonchev–Trinajstić information content (AvgIpc) is 3.62. The molecule has 0 amide bonds. The summed E-state index contributed by atoms with van der Waals surface area (Å²) in [6, 6.07) is 17.7.